The average Bonchev–Trinajstić information content (AvgIpc) is 3.21. The predicted octanol–water partition coefficient (Wildman–Crippen LogP) is 11.7. The summed E-state index contributed by atoms with van der Waals surface area (Å²) in [7, 11) is 0. The van der Waals surface area contributed by atoms with Crippen molar-refractivity contribution in [2.75, 3.05) is 13.2 Å². The highest BCUT2D eigenvalue weighted by molar-refractivity contribution is 7.80. The number of fused-ring (bicyclic) bond motifs is 4. The second kappa shape index (κ2) is 18.9. The fourth-order valence-corrected chi connectivity index (χ4v) is 6.84. The first kappa shape index (κ1) is 43.0. The number of hydrogen-bond donors (Lipinski definition) is 1. The highest BCUT2D eigenvalue weighted by Gasteiger charge is 2.28. The first-order valence-electron chi connectivity index (χ1n) is 19.1. The smallest absolute Gasteiger partial charge is 0.344 e. The van der Waals surface area contributed by atoms with Crippen LogP contribution in [0, 0.1) is 11.3 Å². The van der Waals surface area contributed by atoms with E-state index in [0.717, 1.165) is 59.1 Å². The van der Waals surface area contributed by atoms with Gasteiger partial charge in [-0.15, -0.1) is 12.6 Å². The topological polar surface area (TPSA) is 105 Å². The van der Waals surface area contributed by atoms with Crippen LogP contribution in [-0.2, 0) is 38.1 Å². The second-order valence-corrected chi connectivity index (χ2v) is 15.6. The number of hydrogen-bond acceptors (Lipinski definition) is 9. The molecule has 0 aliphatic heterocycles. The number of benzene rings is 6. The number of esters is 4. The van der Waals surface area contributed by atoms with Gasteiger partial charge in [0.2, 0.25) is 0 Å². The summed E-state index contributed by atoms with van der Waals surface area (Å²) in [5.74, 6) is -2.16. The van der Waals surface area contributed by atoms with Gasteiger partial charge in [-0.2, -0.15) is 0 Å². The summed E-state index contributed by atoms with van der Waals surface area (Å²) in [5.41, 5.74) is 1.08. The van der Waals surface area contributed by atoms with E-state index in [1.54, 1.807) is 34.6 Å². The first-order valence-corrected chi connectivity index (χ1v) is 19.9. The van der Waals surface area contributed by atoms with Gasteiger partial charge in [-0.1, -0.05) is 105 Å². The van der Waals surface area contributed by atoms with Crippen LogP contribution in [0.15, 0.2) is 102 Å². The summed E-state index contributed by atoms with van der Waals surface area (Å²) >= 11 is 11.3. The third-order valence-corrected chi connectivity index (χ3v) is 11.2. The molecule has 0 saturated heterocycles. The maximum Gasteiger partial charge on any atom is 0.344 e. The van der Waals surface area contributed by atoms with E-state index in [-0.39, 0.29) is 19.1 Å². The summed E-state index contributed by atoms with van der Waals surface area (Å²) in [6.07, 6.45) is 0.355. The van der Waals surface area contributed by atoms with Gasteiger partial charge in [-0.05, 0) is 108 Å². The Balaban J connectivity index is 0.000000218. The lowest BCUT2D eigenvalue weighted by molar-refractivity contribution is -0.167. The number of ether oxygens (including phenoxy) is 4. The summed E-state index contributed by atoms with van der Waals surface area (Å²) in [6.45, 7) is 12.0. The fourth-order valence-electron chi connectivity index (χ4n) is 6.10. The molecule has 0 aliphatic carbocycles. The summed E-state index contributed by atoms with van der Waals surface area (Å²) in [4.78, 5) is 48.8. The Bertz CT molecular complexity index is 2440. The molecule has 0 fully saturated rings. The molecule has 3 atom stereocenters. The van der Waals surface area contributed by atoms with Crippen LogP contribution in [0.2, 0.25) is 5.02 Å². The Morgan fingerprint density at radius 2 is 1.14 bits per heavy atom. The molecule has 0 bridgehead atoms. The van der Waals surface area contributed by atoms with Gasteiger partial charge in [-0.25, -0.2) is 9.59 Å². The molecule has 6 aromatic carbocycles. The molecule has 0 aliphatic rings. The van der Waals surface area contributed by atoms with Crippen molar-refractivity contribution in [2.24, 2.45) is 11.3 Å². The van der Waals surface area contributed by atoms with E-state index in [2.05, 4.69) is 24.3 Å². The van der Waals surface area contributed by atoms with E-state index in [1.807, 2.05) is 86.6 Å². The molecule has 57 heavy (non-hydrogen) atoms. The molecule has 3 unspecified atom stereocenters. The fraction of sp³-hybridized carbons (Fsp3) is 0.319. The van der Waals surface area contributed by atoms with E-state index in [9.17, 15) is 19.2 Å². The van der Waals surface area contributed by atoms with Gasteiger partial charge in [0.05, 0.1) is 16.4 Å². The molecular formula is C47H49ClO8S. The summed E-state index contributed by atoms with van der Waals surface area (Å²) < 4.78 is 21.0. The van der Waals surface area contributed by atoms with Gasteiger partial charge in [-0.3, -0.25) is 9.59 Å². The van der Waals surface area contributed by atoms with Crippen molar-refractivity contribution in [3.8, 4) is 0 Å². The first-order chi connectivity index (χ1) is 27.1. The van der Waals surface area contributed by atoms with Gasteiger partial charge in [0.25, 0.3) is 0 Å². The zero-order valence-corrected chi connectivity index (χ0v) is 35.0. The number of thiol groups is 1. The van der Waals surface area contributed by atoms with Gasteiger partial charge in [0.15, 0.2) is 13.2 Å². The Morgan fingerprint density at radius 3 is 1.77 bits per heavy atom. The van der Waals surface area contributed by atoms with Crippen LogP contribution in [0.1, 0.15) is 84.6 Å². The third-order valence-electron chi connectivity index (χ3n) is 10.3. The Labute approximate surface area is 344 Å². The van der Waals surface area contributed by atoms with Crippen molar-refractivity contribution in [3.05, 3.63) is 113 Å². The van der Waals surface area contributed by atoms with Crippen LogP contribution in [0.3, 0.4) is 0 Å². The van der Waals surface area contributed by atoms with Crippen LogP contribution in [-0.4, -0.2) is 37.1 Å². The van der Waals surface area contributed by atoms with Crippen molar-refractivity contribution in [3.63, 3.8) is 0 Å². The van der Waals surface area contributed by atoms with E-state index < -0.39 is 41.5 Å². The minimum Gasteiger partial charge on any atom is -0.455 e. The van der Waals surface area contributed by atoms with E-state index in [1.165, 1.54) is 0 Å². The normalized spacial score (nSPS) is 13.0. The molecule has 0 radical (unpaired) electrons. The molecule has 0 amide bonds. The Morgan fingerprint density at radius 1 is 0.632 bits per heavy atom. The highest BCUT2D eigenvalue weighted by Crippen LogP contribution is 2.35. The van der Waals surface area contributed by atoms with E-state index in [4.69, 9.17) is 43.2 Å². The zero-order valence-electron chi connectivity index (χ0n) is 33.4. The highest BCUT2D eigenvalue weighted by atomic mass is 35.5. The molecule has 10 heteroatoms. The molecule has 298 valence electrons. The molecule has 8 nitrogen and oxygen atoms in total. The summed E-state index contributed by atoms with van der Waals surface area (Å²) in [6, 6.07) is 32.0. The van der Waals surface area contributed by atoms with Gasteiger partial charge in [0.1, 0.15) is 12.2 Å². The van der Waals surface area contributed by atoms with Crippen molar-refractivity contribution in [1.29, 1.82) is 0 Å². The SMILES string of the molecule is CCC(C)(C)C(=O)OCC(=O)OC(C)c1ccc2c(S)c3ccccc3cc2c1.CCC(C)C(=O)OCC(=O)OC(C)c1ccc2cc3ccccc3c(Cl)c2c1. The molecule has 0 saturated carbocycles. The van der Waals surface area contributed by atoms with Crippen molar-refractivity contribution in [1.82, 2.24) is 0 Å². The van der Waals surface area contributed by atoms with Crippen LogP contribution < -0.4 is 0 Å². The number of carbonyl (C=O) groups is 4. The largest absolute Gasteiger partial charge is 0.455 e. The molecule has 0 heterocycles. The van der Waals surface area contributed by atoms with Crippen LogP contribution in [0.5, 0.6) is 0 Å². The number of rotatable bonds is 12. The second-order valence-electron chi connectivity index (χ2n) is 14.8. The standard InChI is InChI=1S/C24H26O4S.C23H23ClO4/c1-5-24(3,4)23(26)27-14-21(25)28-15(2)16-10-11-20-18(12-16)13-17-8-6-7-9-19(17)22(20)29;1-4-14(2)23(26)27-13-21(25)28-15(3)16-9-10-18-11-17-7-5-6-8-19(17)22(24)20(18)12-16/h6-13,15,29H,5,14H2,1-4H3;5-12,14-15H,4,13H2,1-3H3. The molecule has 0 N–H and O–H groups in total. The quantitative estimate of drug-likeness (QED) is 0.0564. The van der Waals surface area contributed by atoms with E-state index >= 15 is 0 Å². The maximum atomic E-state index is 12.1. The average molecular weight is 809 g/mol. The van der Waals surface area contributed by atoms with Crippen molar-refractivity contribution < 1.29 is 38.1 Å². The van der Waals surface area contributed by atoms with Crippen molar-refractivity contribution >= 4 is 91.2 Å². The molecule has 6 aromatic rings. The molecular weight excluding hydrogens is 760 g/mol. The lowest BCUT2D eigenvalue weighted by Crippen LogP contribution is -2.28. The van der Waals surface area contributed by atoms with Crippen molar-refractivity contribution in [2.45, 2.75) is 78.4 Å². The number of carbonyl (C=O) groups excluding carboxylic acids is 4. The minimum atomic E-state index is -0.614. The van der Waals surface area contributed by atoms with Crippen LogP contribution in [0.25, 0.3) is 43.1 Å². The Kier molecular flexibility index (Phi) is 14.2. The lowest BCUT2D eigenvalue weighted by Gasteiger charge is -2.20. The minimum absolute atomic E-state index is 0.234. The summed E-state index contributed by atoms with van der Waals surface area (Å²) in [5, 5.41) is 8.96. The van der Waals surface area contributed by atoms with E-state index in [0.29, 0.717) is 17.9 Å². The number of halogens is 1. The maximum absolute atomic E-state index is 12.1. The van der Waals surface area contributed by atoms with Gasteiger partial charge < -0.3 is 18.9 Å². The Hall–Kier alpha value is -5.12. The monoisotopic (exact) mass is 808 g/mol. The van der Waals surface area contributed by atoms with Gasteiger partial charge >= 0.3 is 23.9 Å². The van der Waals surface area contributed by atoms with Gasteiger partial charge in [0, 0.05) is 15.7 Å². The molecule has 0 spiro atoms. The molecule has 0 aromatic heterocycles. The van der Waals surface area contributed by atoms with Crippen LogP contribution in [0.4, 0.5) is 0 Å². The lowest BCUT2D eigenvalue weighted by atomic mass is 9.91. The third kappa shape index (κ3) is 10.4. The molecule has 6 rings (SSSR count). The predicted molar refractivity (Wildman–Crippen MR) is 230 cm³/mol. The van der Waals surface area contributed by atoms with Crippen LogP contribution >= 0.6 is 24.2 Å². The zero-order chi connectivity index (χ0) is 41.4.